The number of aryl methyl sites for hydroxylation is 1. The Kier molecular flexibility index (Phi) is 4.07. The van der Waals surface area contributed by atoms with Crippen molar-refractivity contribution in [3.8, 4) is 0 Å². The zero-order chi connectivity index (χ0) is 15.4. The first-order valence-electron chi connectivity index (χ1n) is 6.01. The van der Waals surface area contributed by atoms with Crippen molar-refractivity contribution < 1.29 is 14.8 Å². The fraction of sp³-hybridized carbons (Fsp3) is 0.273. The van der Waals surface area contributed by atoms with Crippen LogP contribution in [0.3, 0.4) is 0 Å². The second kappa shape index (κ2) is 5.94. The zero-order valence-corrected chi connectivity index (χ0v) is 11.1. The highest BCUT2D eigenvalue weighted by molar-refractivity contribution is 5.93. The quantitative estimate of drug-likeness (QED) is 0.592. The Balaban J connectivity index is 2.23. The Hall–Kier alpha value is -3.04. The summed E-state index contributed by atoms with van der Waals surface area (Å²) in [5, 5.41) is 30.2. The van der Waals surface area contributed by atoms with Crippen LogP contribution >= 0.6 is 0 Å². The van der Waals surface area contributed by atoms with Crippen LogP contribution in [-0.4, -0.2) is 35.7 Å². The first kappa shape index (κ1) is 14.4. The second-order valence-electron chi connectivity index (χ2n) is 4.04. The van der Waals surface area contributed by atoms with Crippen molar-refractivity contribution in [2.24, 2.45) is 0 Å². The second-order valence-corrected chi connectivity index (χ2v) is 4.04. The van der Waals surface area contributed by atoms with Crippen molar-refractivity contribution in [3.05, 3.63) is 40.1 Å². The topological polar surface area (TPSA) is 136 Å². The number of carboxylic acids is 1. The van der Waals surface area contributed by atoms with Gasteiger partial charge in [-0.2, -0.15) is 0 Å². The third kappa shape index (κ3) is 3.11. The summed E-state index contributed by atoms with van der Waals surface area (Å²) in [6, 6.07) is 0.961. The number of nitrogens with one attached hydrogen (secondary N) is 1. The molecule has 21 heavy (non-hydrogen) atoms. The summed E-state index contributed by atoms with van der Waals surface area (Å²) >= 11 is 0. The summed E-state index contributed by atoms with van der Waals surface area (Å²) in [5.41, 5.74) is -0.651. The van der Waals surface area contributed by atoms with E-state index in [2.05, 4.69) is 20.5 Å². The van der Waals surface area contributed by atoms with E-state index in [1.54, 1.807) is 10.9 Å². The highest BCUT2D eigenvalue weighted by atomic mass is 16.6. The minimum atomic E-state index is -1.30. The molecule has 2 N–H and O–H groups in total. The largest absolute Gasteiger partial charge is 0.478 e. The van der Waals surface area contributed by atoms with Gasteiger partial charge >= 0.3 is 5.97 Å². The van der Waals surface area contributed by atoms with Crippen LogP contribution in [0.5, 0.6) is 0 Å². The van der Waals surface area contributed by atoms with E-state index < -0.39 is 10.9 Å². The summed E-state index contributed by atoms with van der Waals surface area (Å²) < 4.78 is 1.78. The lowest BCUT2D eigenvalue weighted by Gasteiger charge is -2.08. The van der Waals surface area contributed by atoms with Gasteiger partial charge in [0.2, 0.25) is 0 Å². The van der Waals surface area contributed by atoms with Gasteiger partial charge in [0.1, 0.15) is 23.9 Å². The number of pyridine rings is 1. The van der Waals surface area contributed by atoms with Crippen LogP contribution in [0.25, 0.3) is 0 Å². The molecule has 110 valence electrons. The van der Waals surface area contributed by atoms with Crippen LogP contribution < -0.4 is 5.32 Å². The van der Waals surface area contributed by atoms with Crippen LogP contribution in [0.2, 0.25) is 0 Å². The Bertz CT molecular complexity index is 683. The lowest BCUT2D eigenvalue weighted by Crippen LogP contribution is -2.12. The van der Waals surface area contributed by atoms with Crippen molar-refractivity contribution in [2.45, 2.75) is 20.0 Å². The van der Waals surface area contributed by atoms with E-state index in [9.17, 15) is 14.9 Å². The SMILES string of the molecule is CCn1cnnc1CNc1ncc([N+](=O)[O-])cc1C(=O)O. The number of hydrogen-bond acceptors (Lipinski definition) is 7. The number of aromatic nitrogens is 4. The van der Waals surface area contributed by atoms with Crippen LogP contribution in [0.1, 0.15) is 23.1 Å². The number of carbonyl (C=O) groups is 1. The first-order valence-corrected chi connectivity index (χ1v) is 6.01. The molecule has 0 radical (unpaired) electrons. The monoisotopic (exact) mass is 292 g/mol. The summed E-state index contributed by atoms with van der Waals surface area (Å²) in [6.45, 7) is 2.79. The van der Waals surface area contributed by atoms with E-state index in [0.717, 1.165) is 12.3 Å². The molecule has 2 aromatic heterocycles. The van der Waals surface area contributed by atoms with E-state index in [0.29, 0.717) is 12.4 Å². The summed E-state index contributed by atoms with van der Waals surface area (Å²) in [6.07, 6.45) is 2.55. The molecule has 0 aliphatic carbocycles. The molecule has 0 fully saturated rings. The smallest absolute Gasteiger partial charge is 0.339 e. The van der Waals surface area contributed by atoms with E-state index >= 15 is 0 Å². The van der Waals surface area contributed by atoms with Crippen molar-refractivity contribution in [2.75, 3.05) is 5.32 Å². The molecule has 10 heteroatoms. The molecule has 0 aromatic carbocycles. The maximum Gasteiger partial charge on any atom is 0.339 e. The maximum atomic E-state index is 11.1. The summed E-state index contributed by atoms with van der Waals surface area (Å²) in [4.78, 5) is 24.9. The molecule has 10 nitrogen and oxygen atoms in total. The predicted molar refractivity (Wildman–Crippen MR) is 70.9 cm³/mol. The fourth-order valence-electron chi connectivity index (χ4n) is 1.70. The van der Waals surface area contributed by atoms with Gasteiger partial charge in [-0.1, -0.05) is 0 Å². The van der Waals surface area contributed by atoms with E-state index in [1.807, 2.05) is 6.92 Å². The molecule has 0 unspecified atom stereocenters. The van der Waals surface area contributed by atoms with Gasteiger partial charge in [-0.25, -0.2) is 9.78 Å². The number of rotatable bonds is 6. The highest BCUT2D eigenvalue weighted by Gasteiger charge is 2.17. The van der Waals surface area contributed by atoms with E-state index in [1.165, 1.54) is 0 Å². The van der Waals surface area contributed by atoms with Crippen LogP contribution in [-0.2, 0) is 13.1 Å². The van der Waals surface area contributed by atoms with Crippen LogP contribution in [0.15, 0.2) is 18.6 Å². The standard InChI is InChI=1S/C11H12N6O4/c1-2-16-6-14-15-9(16)5-13-10-8(11(18)19)3-7(4-12-10)17(20)21/h3-4,6H,2,5H2,1H3,(H,12,13)(H,18,19). The summed E-state index contributed by atoms with van der Waals surface area (Å²) in [5.74, 6) is -0.654. The van der Waals surface area contributed by atoms with Crippen molar-refractivity contribution in [1.82, 2.24) is 19.7 Å². The number of anilines is 1. The Labute approximate surface area is 118 Å². The third-order valence-electron chi connectivity index (χ3n) is 2.76. The van der Waals surface area contributed by atoms with Gasteiger partial charge in [0.15, 0.2) is 5.82 Å². The zero-order valence-electron chi connectivity index (χ0n) is 11.1. The summed E-state index contributed by atoms with van der Waals surface area (Å²) in [7, 11) is 0. The molecule has 2 heterocycles. The average Bonchev–Trinajstić information content (AvgIpc) is 2.92. The third-order valence-corrected chi connectivity index (χ3v) is 2.76. The molecule has 0 saturated heterocycles. The maximum absolute atomic E-state index is 11.1. The normalized spacial score (nSPS) is 10.3. The molecule has 2 aromatic rings. The van der Waals surface area contributed by atoms with Gasteiger partial charge in [-0.05, 0) is 6.92 Å². The lowest BCUT2D eigenvalue weighted by molar-refractivity contribution is -0.385. The molecule has 0 aliphatic heterocycles. The number of hydrogen-bond donors (Lipinski definition) is 2. The number of nitrogens with zero attached hydrogens (tertiary/aromatic N) is 5. The first-order chi connectivity index (χ1) is 10.0. The Morgan fingerprint density at radius 2 is 2.33 bits per heavy atom. The molecule has 2 rings (SSSR count). The van der Waals surface area contributed by atoms with Gasteiger partial charge in [-0.3, -0.25) is 10.1 Å². The Morgan fingerprint density at radius 1 is 1.57 bits per heavy atom. The highest BCUT2D eigenvalue weighted by Crippen LogP contribution is 2.19. The van der Waals surface area contributed by atoms with Gasteiger partial charge < -0.3 is 15.0 Å². The molecular weight excluding hydrogens is 280 g/mol. The van der Waals surface area contributed by atoms with Crippen molar-refractivity contribution in [3.63, 3.8) is 0 Å². The minimum absolute atomic E-state index is 0.0405. The lowest BCUT2D eigenvalue weighted by atomic mass is 10.2. The van der Waals surface area contributed by atoms with Crippen molar-refractivity contribution >= 4 is 17.5 Å². The molecule has 0 aliphatic rings. The van der Waals surface area contributed by atoms with Gasteiger partial charge in [0.25, 0.3) is 5.69 Å². The molecular formula is C11H12N6O4. The minimum Gasteiger partial charge on any atom is -0.478 e. The van der Waals surface area contributed by atoms with E-state index in [-0.39, 0.29) is 23.6 Å². The van der Waals surface area contributed by atoms with Gasteiger partial charge in [0.05, 0.1) is 11.5 Å². The fourth-order valence-corrected chi connectivity index (χ4v) is 1.70. The predicted octanol–water partition coefficient (Wildman–Crippen LogP) is 0.911. The molecule has 0 amide bonds. The van der Waals surface area contributed by atoms with E-state index in [4.69, 9.17) is 5.11 Å². The molecule has 0 bridgehead atoms. The number of nitro groups is 1. The average molecular weight is 292 g/mol. The Morgan fingerprint density at radius 3 is 2.95 bits per heavy atom. The molecule has 0 spiro atoms. The van der Waals surface area contributed by atoms with Crippen LogP contribution in [0.4, 0.5) is 11.5 Å². The van der Waals surface area contributed by atoms with Gasteiger partial charge in [-0.15, -0.1) is 10.2 Å². The van der Waals surface area contributed by atoms with Gasteiger partial charge in [0, 0.05) is 12.6 Å². The number of aromatic carboxylic acids is 1. The van der Waals surface area contributed by atoms with Crippen molar-refractivity contribution in [1.29, 1.82) is 0 Å². The molecule has 0 saturated carbocycles. The van der Waals surface area contributed by atoms with Crippen LogP contribution in [0, 0.1) is 10.1 Å². The molecule has 0 atom stereocenters. The number of carboxylic acid groups (broad SMARTS) is 1.